The second-order valence-corrected chi connectivity index (χ2v) is 3.97. The van der Waals surface area contributed by atoms with Crippen LogP contribution in [0, 0.1) is 6.92 Å². The highest BCUT2D eigenvalue weighted by Crippen LogP contribution is 2.24. The average molecular weight is 305 g/mol. The second kappa shape index (κ2) is 3.26. The molecule has 0 spiro atoms. The largest absolute Gasteiger partial charge is 0.272 e. The molecule has 0 aliphatic carbocycles. The summed E-state index contributed by atoms with van der Waals surface area (Å²) in [6.45, 7) is 1.91. The van der Waals surface area contributed by atoms with Crippen LogP contribution in [0.1, 0.15) is 5.82 Å². The van der Waals surface area contributed by atoms with Crippen LogP contribution in [-0.2, 0) is 0 Å². The van der Waals surface area contributed by atoms with E-state index in [0.717, 1.165) is 20.9 Å². The maximum Gasteiger partial charge on any atom is 0.163 e. The number of aromatic nitrogens is 2. The van der Waals surface area contributed by atoms with Gasteiger partial charge < -0.3 is 0 Å². The van der Waals surface area contributed by atoms with Gasteiger partial charge in [0.2, 0.25) is 0 Å². The van der Waals surface area contributed by atoms with Gasteiger partial charge in [-0.1, -0.05) is 0 Å². The number of rotatable bonds is 0. The first-order valence-electron chi connectivity index (χ1n) is 3.55. The van der Waals surface area contributed by atoms with Crippen LogP contribution < -0.4 is 5.43 Å². The number of aryl methyl sites for hydroxylation is 1. The minimum Gasteiger partial charge on any atom is -0.272 e. The van der Waals surface area contributed by atoms with Gasteiger partial charge >= 0.3 is 0 Å². The van der Waals surface area contributed by atoms with E-state index in [1.165, 1.54) is 0 Å². The molecular formula is C7H5Br2N4. The van der Waals surface area contributed by atoms with E-state index >= 15 is 0 Å². The fourth-order valence-electron chi connectivity index (χ4n) is 1.08. The standard InChI is InChI=1S/C7H5Br2N4/c1-4-11-6(8)7(9)13(4)5-2-3-10-12-5/h2-3H,1H3. The van der Waals surface area contributed by atoms with E-state index in [4.69, 9.17) is 0 Å². The number of hydrogen-bond acceptors (Lipinski definition) is 2. The van der Waals surface area contributed by atoms with Crippen LogP contribution in [0.15, 0.2) is 26.6 Å². The van der Waals surface area contributed by atoms with Gasteiger partial charge in [-0.2, -0.15) is 5.43 Å². The first-order valence-corrected chi connectivity index (χ1v) is 5.14. The van der Waals surface area contributed by atoms with Crippen molar-refractivity contribution in [3.05, 3.63) is 27.3 Å². The van der Waals surface area contributed by atoms with Crippen molar-refractivity contribution in [1.29, 1.82) is 0 Å². The summed E-state index contributed by atoms with van der Waals surface area (Å²) >= 11 is 6.73. The molecule has 1 aromatic heterocycles. The number of nitrogens with zero attached hydrogens (tertiary/aromatic N) is 4. The molecule has 6 heteroatoms. The Morgan fingerprint density at radius 1 is 1.38 bits per heavy atom. The smallest absolute Gasteiger partial charge is 0.163 e. The van der Waals surface area contributed by atoms with E-state index < -0.39 is 0 Å². The molecule has 1 aliphatic heterocycles. The van der Waals surface area contributed by atoms with Crippen molar-refractivity contribution in [3.63, 3.8) is 0 Å². The molecule has 2 heterocycles. The Labute approximate surface area is 92.0 Å². The summed E-state index contributed by atoms with van der Waals surface area (Å²) in [6, 6.07) is 0. The van der Waals surface area contributed by atoms with Gasteiger partial charge in [0.15, 0.2) is 5.84 Å². The molecular weight excluding hydrogens is 300 g/mol. The summed E-state index contributed by atoms with van der Waals surface area (Å²) in [5, 5.41) is 3.94. The van der Waals surface area contributed by atoms with Crippen LogP contribution in [0.4, 0.5) is 0 Å². The molecule has 2 rings (SSSR count). The van der Waals surface area contributed by atoms with Crippen LogP contribution >= 0.6 is 31.9 Å². The molecule has 1 aliphatic rings. The van der Waals surface area contributed by atoms with Crippen molar-refractivity contribution in [2.24, 2.45) is 5.10 Å². The summed E-state index contributed by atoms with van der Waals surface area (Å²) in [7, 11) is 0. The number of halogens is 2. The fourth-order valence-corrected chi connectivity index (χ4v) is 2.04. The lowest BCUT2D eigenvalue weighted by Gasteiger charge is -2.01. The van der Waals surface area contributed by atoms with Crippen molar-refractivity contribution >= 4 is 37.7 Å². The highest BCUT2D eigenvalue weighted by atomic mass is 79.9. The first-order chi connectivity index (χ1) is 6.20. The summed E-state index contributed by atoms with van der Waals surface area (Å²) in [6.07, 6.45) is 3.47. The van der Waals surface area contributed by atoms with E-state index in [-0.39, 0.29) is 0 Å². The van der Waals surface area contributed by atoms with Gasteiger partial charge in [0.25, 0.3) is 0 Å². The molecule has 0 aromatic carbocycles. The first kappa shape index (κ1) is 8.96. The molecule has 0 unspecified atom stereocenters. The normalized spacial score (nSPS) is 14.5. The molecule has 67 valence electrons. The molecule has 0 saturated carbocycles. The van der Waals surface area contributed by atoms with Gasteiger partial charge in [-0.15, -0.1) is 5.10 Å². The minimum absolute atomic E-state index is 0.766. The number of imidazole rings is 1. The third-order valence-electron chi connectivity index (χ3n) is 1.63. The maximum atomic E-state index is 4.23. The van der Waals surface area contributed by atoms with E-state index in [9.17, 15) is 0 Å². The Hall–Kier alpha value is -0.620. The molecule has 4 nitrogen and oxygen atoms in total. The van der Waals surface area contributed by atoms with Crippen molar-refractivity contribution in [2.75, 3.05) is 0 Å². The van der Waals surface area contributed by atoms with Crippen LogP contribution in [0.25, 0.3) is 0 Å². The highest BCUT2D eigenvalue weighted by Gasteiger charge is 2.14. The lowest BCUT2D eigenvalue weighted by molar-refractivity contribution is 0.937. The van der Waals surface area contributed by atoms with Gasteiger partial charge in [0, 0.05) is 6.08 Å². The van der Waals surface area contributed by atoms with Crippen molar-refractivity contribution < 1.29 is 0 Å². The second-order valence-electron chi connectivity index (χ2n) is 2.47. The van der Waals surface area contributed by atoms with E-state index in [2.05, 4.69) is 47.4 Å². The zero-order valence-corrected chi connectivity index (χ0v) is 9.87. The Morgan fingerprint density at radius 2 is 2.15 bits per heavy atom. The molecule has 0 amide bonds. The molecule has 0 bridgehead atoms. The predicted octanol–water partition coefficient (Wildman–Crippen LogP) is 2.01. The van der Waals surface area contributed by atoms with Crippen molar-refractivity contribution in [3.8, 4) is 0 Å². The predicted molar refractivity (Wildman–Crippen MR) is 56.5 cm³/mol. The topological polar surface area (TPSA) is 44.3 Å². The Kier molecular flexibility index (Phi) is 2.25. The molecule has 0 fully saturated rings. The van der Waals surface area contributed by atoms with E-state index in [1.54, 1.807) is 6.20 Å². The average Bonchev–Trinajstić information content (AvgIpc) is 2.63. The zero-order valence-electron chi connectivity index (χ0n) is 6.70. The van der Waals surface area contributed by atoms with Gasteiger partial charge in [0.1, 0.15) is 15.0 Å². The van der Waals surface area contributed by atoms with Crippen molar-refractivity contribution in [1.82, 2.24) is 15.0 Å². The lowest BCUT2D eigenvalue weighted by Crippen LogP contribution is -2.09. The Morgan fingerprint density at radius 3 is 2.62 bits per heavy atom. The van der Waals surface area contributed by atoms with E-state index in [0.29, 0.717) is 0 Å². The zero-order chi connectivity index (χ0) is 9.42. The molecule has 0 N–H and O–H groups in total. The summed E-state index contributed by atoms with van der Waals surface area (Å²) in [4.78, 5) is 4.23. The monoisotopic (exact) mass is 303 g/mol. The minimum atomic E-state index is 0.766. The maximum absolute atomic E-state index is 4.23. The van der Waals surface area contributed by atoms with Crippen LogP contribution in [0.3, 0.4) is 0 Å². The molecule has 0 atom stereocenters. The molecule has 1 aromatic rings. The summed E-state index contributed by atoms with van der Waals surface area (Å²) < 4.78 is 3.50. The van der Waals surface area contributed by atoms with Gasteiger partial charge in [0.05, 0.1) is 6.20 Å². The highest BCUT2D eigenvalue weighted by molar-refractivity contribution is 9.13. The van der Waals surface area contributed by atoms with E-state index in [1.807, 2.05) is 17.6 Å². The molecule has 13 heavy (non-hydrogen) atoms. The number of allylic oxidation sites excluding steroid dienone is 1. The van der Waals surface area contributed by atoms with Crippen LogP contribution in [0.5, 0.6) is 0 Å². The molecule has 1 radical (unpaired) electrons. The SMILES string of the molecule is Cc1nc(Br)c(Br)n1C1=N[N]C=C1. The van der Waals surface area contributed by atoms with Gasteiger partial charge in [-0.05, 0) is 38.8 Å². The lowest BCUT2D eigenvalue weighted by atomic mass is 10.5. The third kappa shape index (κ3) is 1.44. The molecule has 0 saturated heterocycles. The van der Waals surface area contributed by atoms with Gasteiger partial charge in [-0.25, -0.2) is 4.98 Å². The third-order valence-corrected chi connectivity index (χ3v) is 3.44. The van der Waals surface area contributed by atoms with Crippen LogP contribution in [0.2, 0.25) is 0 Å². The number of hydrogen-bond donors (Lipinski definition) is 0. The Balaban J connectivity index is 2.56. The van der Waals surface area contributed by atoms with Crippen molar-refractivity contribution in [2.45, 2.75) is 6.92 Å². The fraction of sp³-hybridized carbons (Fsp3) is 0.143. The summed E-state index contributed by atoms with van der Waals surface area (Å²) in [5.41, 5.74) is 3.76. The van der Waals surface area contributed by atoms with Crippen LogP contribution in [-0.4, -0.2) is 15.4 Å². The Bertz CT molecular complexity index is 405. The summed E-state index contributed by atoms with van der Waals surface area (Å²) in [5.74, 6) is 1.63. The van der Waals surface area contributed by atoms with Gasteiger partial charge in [-0.3, -0.25) is 4.57 Å². The quantitative estimate of drug-likeness (QED) is 0.723.